The van der Waals surface area contributed by atoms with Crippen LogP contribution in [0.4, 0.5) is 24.5 Å². The molecule has 3 nitrogen and oxygen atoms in total. The lowest BCUT2D eigenvalue weighted by atomic mass is 10.0. The van der Waals surface area contributed by atoms with Gasteiger partial charge in [0.05, 0.1) is 24.0 Å². The number of methoxy groups -OCH3 is 1. The highest BCUT2D eigenvalue weighted by molar-refractivity contribution is 5.75. The van der Waals surface area contributed by atoms with Gasteiger partial charge in [0.1, 0.15) is 5.75 Å². The number of alkyl halides is 3. The Morgan fingerprint density at radius 2 is 1.96 bits per heavy atom. The van der Waals surface area contributed by atoms with Crippen LogP contribution in [0.5, 0.6) is 5.75 Å². The number of rotatable bonds is 3. The summed E-state index contributed by atoms with van der Waals surface area (Å²) in [6.07, 6.45) is -2.17. The second kappa shape index (κ2) is 6.41. The molecule has 0 aliphatic carbocycles. The minimum atomic E-state index is -4.33. The highest BCUT2D eigenvalue weighted by Gasteiger charge is 2.37. The quantitative estimate of drug-likeness (QED) is 0.787. The molecule has 4 rings (SSSR count). The molecular formula is C20H21F3N2O. The Kier molecular flexibility index (Phi) is 4.21. The second-order valence-electron chi connectivity index (χ2n) is 6.92. The van der Waals surface area contributed by atoms with Crippen LogP contribution in [0.15, 0.2) is 42.5 Å². The Balaban J connectivity index is 1.72. The zero-order chi connectivity index (χ0) is 18.3. The maximum Gasteiger partial charge on any atom is 0.416 e. The van der Waals surface area contributed by atoms with E-state index in [0.717, 1.165) is 42.9 Å². The van der Waals surface area contributed by atoms with E-state index in [1.807, 2.05) is 24.3 Å². The number of nitrogens with zero attached hydrogens (tertiary/aromatic N) is 2. The molecule has 2 aromatic rings. The molecule has 0 spiro atoms. The van der Waals surface area contributed by atoms with Gasteiger partial charge in [-0.2, -0.15) is 13.2 Å². The third-order valence-electron chi connectivity index (χ3n) is 5.27. The van der Waals surface area contributed by atoms with E-state index in [1.165, 1.54) is 12.1 Å². The summed E-state index contributed by atoms with van der Waals surface area (Å²) in [5.41, 5.74) is 2.01. The first-order chi connectivity index (χ1) is 12.5. The Hall–Kier alpha value is -2.37. The Bertz CT molecular complexity index is 806. The zero-order valence-electron chi connectivity index (χ0n) is 14.6. The third kappa shape index (κ3) is 3.08. The highest BCUT2D eigenvalue weighted by Crippen LogP contribution is 2.43. The Morgan fingerprint density at radius 3 is 2.73 bits per heavy atom. The van der Waals surface area contributed by atoms with E-state index >= 15 is 0 Å². The lowest BCUT2D eigenvalue weighted by Crippen LogP contribution is -2.45. The molecule has 0 saturated carbocycles. The summed E-state index contributed by atoms with van der Waals surface area (Å²) in [6, 6.07) is 12.2. The zero-order valence-corrected chi connectivity index (χ0v) is 14.6. The summed E-state index contributed by atoms with van der Waals surface area (Å²) < 4.78 is 45.0. The van der Waals surface area contributed by atoms with Crippen molar-refractivity contribution in [2.45, 2.75) is 31.6 Å². The third-order valence-corrected chi connectivity index (χ3v) is 5.27. The summed E-state index contributed by atoms with van der Waals surface area (Å²) >= 11 is 0. The highest BCUT2D eigenvalue weighted by atomic mass is 19.4. The fourth-order valence-electron chi connectivity index (χ4n) is 4.03. The summed E-state index contributed by atoms with van der Waals surface area (Å²) in [6.45, 7) is 2.22. The number of ether oxygens (including phenoxy) is 1. The number of hydrogen-bond donors (Lipinski definition) is 0. The Morgan fingerprint density at radius 1 is 1.12 bits per heavy atom. The van der Waals surface area contributed by atoms with Gasteiger partial charge in [-0.3, -0.25) is 0 Å². The number of benzene rings is 2. The van der Waals surface area contributed by atoms with E-state index in [9.17, 15) is 13.2 Å². The van der Waals surface area contributed by atoms with Crippen LogP contribution in [0, 0.1) is 0 Å². The van der Waals surface area contributed by atoms with Crippen molar-refractivity contribution in [2.75, 3.05) is 30.0 Å². The maximum absolute atomic E-state index is 13.2. The molecule has 6 heteroatoms. The predicted molar refractivity (Wildman–Crippen MR) is 95.9 cm³/mol. The van der Waals surface area contributed by atoms with Gasteiger partial charge < -0.3 is 14.5 Å². The van der Waals surface area contributed by atoms with E-state index in [4.69, 9.17) is 4.74 Å². The predicted octanol–water partition coefficient (Wildman–Crippen LogP) is 4.70. The molecule has 0 aromatic heterocycles. The fraction of sp³-hybridized carbons (Fsp3) is 0.400. The van der Waals surface area contributed by atoms with Gasteiger partial charge in [-0.25, -0.2) is 0 Å². The molecule has 2 aromatic carbocycles. The van der Waals surface area contributed by atoms with Crippen LogP contribution in [0.3, 0.4) is 0 Å². The van der Waals surface area contributed by atoms with Crippen molar-refractivity contribution in [1.82, 2.24) is 0 Å². The van der Waals surface area contributed by atoms with Crippen molar-refractivity contribution in [3.8, 4) is 5.75 Å². The number of anilines is 2. The summed E-state index contributed by atoms with van der Waals surface area (Å²) in [7, 11) is 1.61. The van der Waals surface area contributed by atoms with Crippen molar-refractivity contribution < 1.29 is 17.9 Å². The second-order valence-corrected chi connectivity index (χ2v) is 6.92. The van der Waals surface area contributed by atoms with Gasteiger partial charge in [0.2, 0.25) is 0 Å². The van der Waals surface area contributed by atoms with Gasteiger partial charge in [-0.1, -0.05) is 12.1 Å². The number of halogens is 3. The molecule has 0 radical (unpaired) electrons. The normalized spacial score (nSPS) is 19.3. The van der Waals surface area contributed by atoms with Crippen molar-refractivity contribution in [3.05, 3.63) is 53.6 Å². The molecule has 2 heterocycles. The molecule has 1 unspecified atom stereocenters. The number of hydrogen-bond acceptors (Lipinski definition) is 3. The van der Waals surface area contributed by atoms with E-state index < -0.39 is 11.7 Å². The van der Waals surface area contributed by atoms with Gasteiger partial charge >= 0.3 is 6.18 Å². The van der Waals surface area contributed by atoms with Crippen LogP contribution < -0.4 is 14.5 Å². The van der Waals surface area contributed by atoms with Crippen LogP contribution in [0.1, 0.15) is 24.0 Å². The molecular weight excluding hydrogens is 341 g/mol. The molecule has 26 heavy (non-hydrogen) atoms. The van der Waals surface area contributed by atoms with Crippen molar-refractivity contribution in [2.24, 2.45) is 0 Å². The largest absolute Gasteiger partial charge is 0.497 e. The van der Waals surface area contributed by atoms with E-state index in [2.05, 4.69) is 9.80 Å². The molecule has 2 aliphatic rings. The molecule has 1 saturated heterocycles. The smallest absolute Gasteiger partial charge is 0.416 e. The molecule has 1 fully saturated rings. The summed E-state index contributed by atoms with van der Waals surface area (Å²) in [5, 5.41) is 0. The average Bonchev–Trinajstić information content (AvgIpc) is 3.09. The molecule has 138 valence electrons. The molecule has 0 amide bonds. The standard InChI is InChI=1S/C20H21F3N2O/c1-26-17-6-2-4-14(10-17)12-24-13-16-5-3-9-25(16)18-8-7-15(11-19(18)24)20(21,22)23/h2,4,6-8,10-11,16H,3,5,9,12-13H2,1H3. The minimum Gasteiger partial charge on any atom is -0.497 e. The molecule has 2 aliphatic heterocycles. The van der Waals surface area contributed by atoms with E-state index in [-0.39, 0.29) is 0 Å². The van der Waals surface area contributed by atoms with Gasteiger partial charge in [0.25, 0.3) is 0 Å². The fourth-order valence-corrected chi connectivity index (χ4v) is 4.03. The lowest BCUT2D eigenvalue weighted by Gasteiger charge is -2.41. The molecule has 0 N–H and O–H groups in total. The van der Waals surface area contributed by atoms with Crippen LogP contribution in [-0.2, 0) is 12.7 Å². The minimum absolute atomic E-state index is 0.366. The SMILES string of the molecule is COc1cccc(CN2CC3CCCN3c3ccc(C(F)(F)F)cc32)c1. The Labute approximate surface area is 151 Å². The first-order valence-electron chi connectivity index (χ1n) is 8.81. The first kappa shape index (κ1) is 17.1. The first-order valence-corrected chi connectivity index (χ1v) is 8.81. The van der Waals surface area contributed by atoms with E-state index in [1.54, 1.807) is 13.2 Å². The van der Waals surface area contributed by atoms with Gasteiger partial charge in [0, 0.05) is 25.7 Å². The monoisotopic (exact) mass is 362 g/mol. The average molecular weight is 362 g/mol. The van der Waals surface area contributed by atoms with Crippen LogP contribution in [0.25, 0.3) is 0 Å². The van der Waals surface area contributed by atoms with Crippen LogP contribution >= 0.6 is 0 Å². The van der Waals surface area contributed by atoms with Gasteiger partial charge in [-0.05, 0) is 48.7 Å². The van der Waals surface area contributed by atoms with E-state index in [0.29, 0.717) is 18.3 Å². The van der Waals surface area contributed by atoms with Crippen LogP contribution in [-0.4, -0.2) is 26.2 Å². The van der Waals surface area contributed by atoms with Gasteiger partial charge in [-0.15, -0.1) is 0 Å². The summed E-state index contributed by atoms with van der Waals surface area (Å²) in [5.74, 6) is 0.756. The molecule has 0 bridgehead atoms. The number of fused-ring (bicyclic) bond motifs is 3. The maximum atomic E-state index is 13.2. The van der Waals surface area contributed by atoms with Gasteiger partial charge in [0.15, 0.2) is 0 Å². The topological polar surface area (TPSA) is 15.7 Å². The van der Waals surface area contributed by atoms with Crippen molar-refractivity contribution in [1.29, 1.82) is 0 Å². The van der Waals surface area contributed by atoms with Crippen molar-refractivity contribution in [3.63, 3.8) is 0 Å². The molecule has 1 atom stereocenters. The van der Waals surface area contributed by atoms with Crippen LogP contribution in [0.2, 0.25) is 0 Å². The van der Waals surface area contributed by atoms with Crippen molar-refractivity contribution >= 4 is 11.4 Å². The lowest BCUT2D eigenvalue weighted by molar-refractivity contribution is -0.137. The summed E-state index contributed by atoms with van der Waals surface area (Å²) in [4.78, 5) is 4.34.